The highest BCUT2D eigenvalue weighted by Gasteiger charge is 2.19. The van der Waals surface area contributed by atoms with E-state index in [-0.39, 0.29) is 37.5 Å². The van der Waals surface area contributed by atoms with Crippen molar-refractivity contribution < 1.29 is 28.6 Å². The highest BCUT2D eigenvalue weighted by Crippen LogP contribution is 2.15. The number of hydrogen-bond donors (Lipinski definition) is 0. The van der Waals surface area contributed by atoms with Crippen LogP contribution in [0.1, 0.15) is 252 Å². The summed E-state index contributed by atoms with van der Waals surface area (Å²) in [5, 5.41) is 0. The maximum atomic E-state index is 12.8. The van der Waals surface area contributed by atoms with Gasteiger partial charge in [-0.15, -0.1) is 0 Å². The van der Waals surface area contributed by atoms with Crippen LogP contribution in [0.4, 0.5) is 0 Å². The second-order valence-electron chi connectivity index (χ2n) is 17.4. The van der Waals surface area contributed by atoms with Gasteiger partial charge in [0, 0.05) is 19.3 Å². The van der Waals surface area contributed by atoms with E-state index in [1.165, 1.54) is 122 Å². The van der Waals surface area contributed by atoms with Gasteiger partial charge in [-0.2, -0.15) is 0 Å². The number of carbonyl (C=O) groups excluding carboxylic acids is 3. The van der Waals surface area contributed by atoms with Crippen molar-refractivity contribution in [3.05, 3.63) is 72.9 Å². The van der Waals surface area contributed by atoms with Crippen LogP contribution in [0.3, 0.4) is 0 Å². The summed E-state index contributed by atoms with van der Waals surface area (Å²) >= 11 is 0. The molecule has 0 N–H and O–H groups in total. The molecule has 0 aromatic heterocycles. The first-order valence-corrected chi connectivity index (χ1v) is 26.4. The molecule has 6 nitrogen and oxygen atoms in total. The van der Waals surface area contributed by atoms with Crippen molar-refractivity contribution in [1.82, 2.24) is 0 Å². The van der Waals surface area contributed by atoms with Gasteiger partial charge in [0.1, 0.15) is 13.2 Å². The quantitative estimate of drug-likeness (QED) is 0.0262. The Morgan fingerprint density at radius 2 is 0.635 bits per heavy atom. The predicted octanol–water partition coefficient (Wildman–Crippen LogP) is 17.4. The lowest BCUT2D eigenvalue weighted by Crippen LogP contribution is -2.30. The van der Waals surface area contributed by atoms with Gasteiger partial charge in [-0.1, -0.05) is 222 Å². The van der Waals surface area contributed by atoms with Crippen LogP contribution in [0.25, 0.3) is 0 Å². The second-order valence-corrected chi connectivity index (χ2v) is 17.4. The third kappa shape index (κ3) is 49.7. The smallest absolute Gasteiger partial charge is 0.306 e. The van der Waals surface area contributed by atoms with E-state index in [0.717, 1.165) is 83.5 Å². The topological polar surface area (TPSA) is 78.9 Å². The summed E-state index contributed by atoms with van der Waals surface area (Å²) in [6.07, 6.45) is 64.6. The molecule has 0 saturated carbocycles. The zero-order valence-electron chi connectivity index (χ0n) is 41.3. The molecule has 0 aliphatic heterocycles. The van der Waals surface area contributed by atoms with Crippen LogP contribution in [-0.4, -0.2) is 37.2 Å². The van der Waals surface area contributed by atoms with Gasteiger partial charge in [-0.25, -0.2) is 0 Å². The minimum absolute atomic E-state index is 0.0957. The largest absolute Gasteiger partial charge is 0.462 e. The molecule has 362 valence electrons. The van der Waals surface area contributed by atoms with Crippen molar-refractivity contribution in [1.29, 1.82) is 0 Å². The van der Waals surface area contributed by atoms with E-state index in [1.807, 2.05) is 0 Å². The first-order chi connectivity index (χ1) is 31.0. The fraction of sp³-hybridized carbons (Fsp3) is 0.737. The fourth-order valence-corrected chi connectivity index (χ4v) is 7.24. The average molecular weight is 879 g/mol. The number of esters is 3. The Balaban J connectivity index is 4.47. The van der Waals surface area contributed by atoms with Crippen molar-refractivity contribution >= 4 is 17.9 Å². The van der Waals surface area contributed by atoms with Crippen molar-refractivity contribution in [2.24, 2.45) is 0 Å². The van der Waals surface area contributed by atoms with Gasteiger partial charge in [0.2, 0.25) is 0 Å². The average Bonchev–Trinajstić information content (AvgIpc) is 3.28. The fourth-order valence-electron chi connectivity index (χ4n) is 7.24. The molecule has 0 amide bonds. The van der Waals surface area contributed by atoms with E-state index in [0.29, 0.717) is 19.3 Å². The van der Waals surface area contributed by atoms with Crippen LogP contribution in [0.5, 0.6) is 0 Å². The third-order valence-electron chi connectivity index (χ3n) is 11.2. The van der Waals surface area contributed by atoms with Crippen molar-refractivity contribution in [3.8, 4) is 0 Å². The Bertz CT molecular complexity index is 1190. The Hall–Kier alpha value is -3.15. The second kappa shape index (κ2) is 51.5. The highest BCUT2D eigenvalue weighted by atomic mass is 16.6. The van der Waals surface area contributed by atoms with Gasteiger partial charge in [-0.3, -0.25) is 14.4 Å². The first kappa shape index (κ1) is 59.9. The first-order valence-electron chi connectivity index (χ1n) is 26.4. The maximum absolute atomic E-state index is 12.8. The molecule has 0 aliphatic carbocycles. The molecule has 0 aromatic rings. The van der Waals surface area contributed by atoms with Gasteiger partial charge in [-0.05, 0) is 83.5 Å². The number of ether oxygens (including phenoxy) is 3. The number of unbranched alkanes of at least 4 members (excludes halogenated alkanes) is 24. The zero-order valence-corrected chi connectivity index (χ0v) is 41.3. The van der Waals surface area contributed by atoms with Crippen LogP contribution in [0.2, 0.25) is 0 Å². The number of carbonyl (C=O) groups is 3. The lowest BCUT2D eigenvalue weighted by Gasteiger charge is -2.18. The molecular weight excluding hydrogens is 781 g/mol. The summed E-state index contributed by atoms with van der Waals surface area (Å²) in [5.74, 6) is -0.959. The van der Waals surface area contributed by atoms with Crippen molar-refractivity contribution in [2.75, 3.05) is 13.2 Å². The van der Waals surface area contributed by atoms with E-state index in [9.17, 15) is 14.4 Å². The summed E-state index contributed by atoms with van der Waals surface area (Å²) in [5.41, 5.74) is 0. The molecule has 0 aromatic carbocycles. The summed E-state index contributed by atoms with van der Waals surface area (Å²) in [7, 11) is 0. The van der Waals surface area contributed by atoms with Crippen LogP contribution in [-0.2, 0) is 28.6 Å². The predicted molar refractivity (Wildman–Crippen MR) is 270 cm³/mol. The number of hydrogen-bond acceptors (Lipinski definition) is 6. The molecule has 0 unspecified atom stereocenters. The molecule has 6 heteroatoms. The summed E-state index contributed by atoms with van der Waals surface area (Å²) in [4.78, 5) is 38.0. The lowest BCUT2D eigenvalue weighted by molar-refractivity contribution is -0.167. The molecular formula is C57H98O6. The number of allylic oxidation sites excluding steroid dienone is 12. The Labute approximate surface area is 389 Å². The lowest BCUT2D eigenvalue weighted by atomic mass is 10.0. The molecule has 0 fully saturated rings. The Morgan fingerprint density at radius 1 is 0.333 bits per heavy atom. The molecule has 1 atom stereocenters. The number of rotatable bonds is 47. The molecule has 0 rings (SSSR count). The molecule has 0 heterocycles. The van der Waals surface area contributed by atoms with Crippen LogP contribution in [0, 0.1) is 0 Å². The highest BCUT2D eigenvalue weighted by molar-refractivity contribution is 5.71. The van der Waals surface area contributed by atoms with E-state index >= 15 is 0 Å². The SMILES string of the molecule is CC/C=C/C/C=C/C/C=C/C/C=C/C/C=C/CCCC(=O)OC[C@@H](COC(=O)CCCCCCC/C=C/CCCCCC)OC(=O)CCCCCCCCCCCCCCCCC. The van der Waals surface area contributed by atoms with Crippen molar-refractivity contribution in [3.63, 3.8) is 0 Å². The molecule has 63 heavy (non-hydrogen) atoms. The maximum Gasteiger partial charge on any atom is 0.306 e. The monoisotopic (exact) mass is 879 g/mol. The van der Waals surface area contributed by atoms with E-state index < -0.39 is 6.10 Å². The Kier molecular flexibility index (Phi) is 48.9. The normalized spacial score (nSPS) is 12.6. The van der Waals surface area contributed by atoms with E-state index in [4.69, 9.17) is 14.2 Å². The van der Waals surface area contributed by atoms with Gasteiger partial charge in [0.15, 0.2) is 6.10 Å². The van der Waals surface area contributed by atoms with Gasteiger partial charge in [0.25, 0.3) is 0 Å². The summed E-state index contributed by atoms with van der Waals surface area (Å²) < 4.78 is 16.8. The summed E-state index contributed by atoms with van der Waals surface area (Å²) in [6.45, 7) is 6.46. The molecule has 0 bridgehead atoms. The van der Waals surface area contributed by atoms with Gasteiger partial charge in [0.05, 0.1) is 0 Å². The third-order valence-corrected chi connectivity index (χ3v) is 11.2. The minimum atomic E-state index is -0.799. The standard InChI is InChI=1S/C57H98O6/c1-4-7-10-13-16-19-22-25-27-28-30-32-35-38-41-44-47-50-56(59)62-53-54(52-61-55(58)49-46-43-40-37-34-31-24-21-18-15-12-9-6-3)63-57(60)51-48-45-42-39-36-33-29-26-23-20-17-14-11-8-5-2/h7,10,16,19,21,24-25,27,30,32,38,41,54H,4-6,8-9,11-15,17-18,20,22-23,26,28-29,31,33-37,39-40,42-53H2,1-3H3/b10-7+,19-16+,24-21+,27-25+,32-30+,41-38+/t54-/m1/s1. The molecule has 0 radical (unpaired) electrons. The summed E-state index contributed by atoms with van der Waals surface area (Å²) in [6, 6.07) is 0. The van der Waals surface area contributed by atoms with Crippen LogP contribution < -0.4 is 0 Å². The molecule has 0 aliphatic rings. The zero-order chi connectivity index (χ0) is 45.8. The molecule has 0 spiro atoms. The van der Waals surface area contributed by atoms with Crippen molar-refractivity contribution in [2.45, 2.75) is 258 Å². The molecule has 0 saturated heterocycles. The van der Waals surface area contributed by atoms with Crippen LogP contribution in [0.15, 0.2) is 72.9 Å². The minimum Gasteiger partial charge on any atom is -0.462 e. The van der Waals surface area contributed by atoms with Gasteiger partial charge < -0.3 is 14.2 Å². The Morgan fingerprint density at radius 3 is 1.06 bits per heavy atom. The van der Waals surface area contributed by atoms with E-state index in [2.05, 4.69) is 93.7 Å². The van der Waals surface area contributed by atoms with Gasteiger partial charge >= 0.3 is 17.9 Å². The van der Waals surface area contributed by atoms with E-state index in [1.54, 1.807) is 0 Å². The van der Waals surface area contributed by atoms with Crippen LogP contribution >= 0.6 is 0 Å².